The lowest BCUT2D eigenvalue weighted by molar-refractivity contribution is -0.132. The Balaban J connectivity index is 3.92. The van der Waals surface area contributed by atoms with Crippen molar-refractivity contribution < 1.29 is 4.79 Å². The molecule has 0 aromatic rings. The highest BCUT2D eigenvalue weighted by Gasteiger charge is 2.16. The van der Waals surface area contributed by atoms with Crippen molar-refractivity contribution in [2.24, 2.45) is 0 Å². The maximum atomic E-state index is 11.7. The van der Waals surface area contributed by atoms with Gasteiger partial charge in [-0.1, -0.05) is 6.92 Å². The number of hydrogen-bond acceptors (Lipinski definition) is 2. The zero-order valence-corrected chi connectivity index (χ0v) is 9.26. The van der Waals surface area contributed by atoms with Crippen LogP contribution in [0.5, 0.6) is 0 Å². The van der Waals surface area contributed by atoms with Gasteiger partial charge in [0.15, 0.2) is 0 Å². The monoisotopic (exact) mass is 186 g/mol. The summed E-state index contributed by atoms with van der Waals surface area (Å²) in [6, 6.07) is -0.0418. The Kier molecular flexibility index (Phi) is 6.59. The van der Waals surface area contributed by atoms with E-state index in [1.165, 1.54) is 0 Å². The second-order valence-electron chi connectivity index (χ2n) is 3.19. The van der Waals surface area contributed by atoms with Crippen molar-refractivity contribution in [3.63, 3.8) is 0 Å². The smallest absolute Gasteiger partial charge is 0.239 e. The molecule has 0 aromatic carbocycles. The number of nitrogens with one attached hydrogen (secondary N) is 1. The summed E-state index contributed by atoms with van der Waals surface area (Å²) in [5.74, 6) is 0.207. The molecule has 0 saturated carbocycles. The van der Waals surface area contributed by atoms with Gasteiger partial charge in [-0.05, 0) is 33.7 Å². The van der Waals surface area contributed by atoms with Crippen LogP contribution in [0, 0.1) is 0 Å². The van der Waals surface area contributed by atoms with E-state index in [1.807, 2.05) is 25.7 Å². The third-order valence-corrected chi connectivity index (χ3v) is 2.15. The van der Waals surface area contributed by atoms with Crippen molar-refractivity contribution in [3.8, 4) is 0 Å². The Bertz CT molecular complexity index is 144. The van der Waals surface area contributed by atoms with Crippen LogP contribution < -0.4 is 5.32 Å². The predicted molar refractivity (Wildman–Crippen MR) is 55.7 cm³/mol. The number of nitrogens with zero attached hydrogens (tertiary/aromatic N) is 1. The van der Waals surface area contributed by atoms with Crippen molar-refractivity contribution in [2.75, 3.05) is 19.6 Å². The Hall–Kier alpha value is -0.570. The van der Waals surface area contributed by atoms with Crippen LogP contribution in [0.25, 0.3) is 0 Å². The molecule has 0 heterocycles. The van der Waals surface area contributed by atoms with Gasteiger partial charge in [-0.3, -0.25) is 4.79 Å². The fraction of sp³-hybridized carbons (Fsp3) is 0.900. The molecule has 1 N–H and O–H groups in total. The van der Waals surface area contributed by atoms with Crippen LogP contribution in [0.1, 0.15) is 34.1 Å². The Morgan fingerprint density at radius 2 is 1.85 bits per heavy atom. The summed E-state index contributed by atoms with van der Waals surface area (Å²) in [5.41, 5.74) is 0. The number of likely N-dealkylation sites (N-methyl/N-ethyl adjacent to an activating group) is 1. The van der Waals surface area contributed by atoms with E-state index in [-0.39, 0.29) is 11.9 Å². The minimum absolute atomic E-state index is 0.0418. The predicted octanol–water partition coefficient (Wildman–Crippen LogP) is 1.24. The third-order valence-electron chi connectivity index (χ3n) is 2.15. The molecule has 0 aliphatic rings. The molecule has 1 atom stereocenters. The first-order chi connectivity index (χ1) is 6.17. The summed E-state index contributed by atoms with van der Waals surface area (Å²) < 4.78 is 0. The van der Waals surface area contributed by atoms with Crippen molar-refractivity contribution in [1.82, 2.24) is 10.2 Å². The van der Waals surface area contributed by atoms with Crippen molar-refractivity contribution >= 4 is 5.91 Å². The van der Waals surface area contributed by atoms with E-state index in [1.54, 1.807) is 0 Å². The number of amides is 1. The topological polar surface area (TPSA) is 32.3 Å². The van der Waals surface area contributed by atoms with E-state index >= 15 is 0 Å². The Morgan fingerprint density at radius 1 is 1.31 bits per heavy atom. The summed E-state index contributed by atoms with van der Waals surface area (Å²) in [7, 11) is 0. The number of carbonyl (C=O) groups is 1. The summed E-state index contributed by atoms with van der Waals surface area (Å²) in [4.78, 5) is 13.5. The van der Waals surface area contributed by atoms with Crippen LogP contribution in [-0.2, 0) is 4.79 Å². The second-order valence-corrected chi connectivity index (χ2v) is 3.19. The van der Waals surface area contributed by atoms with Crippen LogP contribution in [0.15, 0.2) is 0 Å². The number of carbonyl (C=O) groups excluding carboxylic acids is 1. The zero-order chi connectivity index (χ0) is 10.3. The molecule has 0 fully saturated rings. The minimum Gasteiger partial charge on any atom is -0.342 e. The molecule has 0 bridgehead atoms. The third kappa shape index (κ3) is 4.27. The van der Waals surface area contributed by atoms with Gasteiger partial charge >= 0.3 is 0 Å². The molecule has 78 valence electrons. The lowest BCUT2D eigenvalue weighted by Gasteiger charge is -2.23. The Labute approximate surface area is 81.5 Å². The molecule has 0 radical (unpaired) electrons. The molecule has 0 spiro atoms. The van der Waals surface area contributed by atoms with Gasteiger partial charge in [-0.2, -0.15) is 0 Å². The van der Waals surface area contributed by atoms with Crippen molar-refractivity contribution in [3.05, 3.63) is 0 Å². The first-order valence-corrected chi connectivity index (χ1v) is 5.19. The van der Waals surface area contributed by atoms with E-state index in [0.29, 0.717) is 0 Å². The first-order valence-electron chi connectivity index (χ1n) is 5.19. The van der Waals surface area contributed by atoms with Gasteiger partial charge < -0.3 is 10.2 Å². The van der Waals surface area contributed by atoms with Crippen LogP contribution in [-0.4, -0.2) is 36.5 Å². The highest BCUT2D eigenvalue weighted by molar-refractivity contribution is 5.81. The summed E-state index contributed by atoms with van der Waals surface area (Å²) in [5, 5.41) is 3.19. The first kappa shape index (κ1) is 12.4. The van der Waals surface area contributed by atoms with Crippen molar-refractivity contribution in [1.29, 1.82) is 0 Å². The molecule has 0 aliphatic carbocycles. The van der Waals surface area contributed by atoms with Crippen LogP contribution in [0.3, 0.4) is 0 Å². The molecule has 0 saturated heterocycles. The minimum atomic E-state index is -0.0418. The molecule has 0 aliphatic heterocycles. The number of rotatable bonds is 6. The van der Waals surface area contributed by atoms with E-state index in [4.69, 9.17) is 0 Å². The molecular weight excluding hydrogens is 164 g/mol. The normalized spacial score (nSPS) is 12.6. The van der Waals surface area contributed by atoms with E-state index in [2.05, 4.69) is 12.2 Å². The lowest BCUT2D eigenvalue weighted by Crippen LogP contribution is -2.44. The maximum absolute atomic E-state index is 11.7. The molecule has 3 nitrogen and oxygen atoms in total. The summed E-state index contributed by atoms with van der Waals surface area (Å²) in [6.45, 7) is 10.6. The molecule has 0 aromatic heterocycles. The highest BCUT2D eigenvalue weighted by atomic mass is 16.2. The summed E-state index contributed by atoms with van der Waals surface area (Å²) >= 11 is 0. The molecule has 1 unspecified atom stereocenters. The highest BCUT2D eigenvalue weighted by Crippen LogP contribution is 1.94. The largest absolute Gasteiger partial charge is 0.342 e. The van der Waals surface area contributed by atoms with Gasteiger partial charge in [-0.25, -0.2) is 0 Å². The standard InChI is InChI=1S/C10H22N2O/c1-5-8-11-9(4)10(13)12(6-2)7-3/h9,11H,5-8H2,1-4H3. The molecule has 3 heteroatoms. The lowest BCUT2D eigenvalue weighted by atomic mass is 10.2. The average molecular weight is 186 g/mol. The molecule has 13 heavy (non-hydrogen) atoms. The van der Waals surface area contributed by atoms with Gasteiger partial charge in [0.05, 0.1) is 6.04 Å². The fourth-order valence-corrected chi connectivity index (χ4v) is 1.26. The van der Waals surface area contributed by atoms with E-state index in [0.717, 1.165) is 26.1 Å². The number of hydrogen-bond donors (Lipinski definition) is 1. The van der Waals surface area contributed by atoms with Gasteiger partial charge in [0.1, 0.15) is 0 Å². The van der Waals surface area contributed by atoms with Gasteiger partial charge in [0, 0.05) is 13.1 Å². The zero-order valence-electron chi connectivity index (χ0n) is 9.26. The van der Waals surface area contributed by atoms with Crippen LogP contribution in [0.2, 0.25) is 0 Å². The maximum Gasteiger partial charge on any atom is 0.239 e. The molecular formula is C10H22N2O. The summed E-state index contributed by atoms with van der Waals surface area (Å²) in [6.07, 6.45) is 1.07. The molecule has 1 amide bonds. The molecule has 0 rings (SSSR count). The van der Waals surface area contributed by atoms with Crippen molar-refractivity contribution in [2.45, 2.75) is 40.2 Å². The fourth-order valence-electron chi connectivity index (χ4n) is 1.26. The van der Waals surface area contributed by atoms with Gasteiger partial charge in [0.2, 0.25) is 5.91 Å². The second kappa shape index (κ2) is 6.89. The van der Waals surface area contributed by atoms with Gasteiger partial charge in [0.25, 0.3) is 0 Å². The average Bonchev–Trinajstić information content (AvgIpc) is 2.15. The SMILES string of the molecule is CCCNC(C)C(=O)N(CC)CC. The van der Waals surface area contributed by atoms with E-state index in [9.17, 15) is 4.79 Å². The Morgan fingerprint density at radius 3 is 2.23 bits per heavy atom. The van der Waals surface area contributed by atoms with E-state index < -0.39 is 0 Å². The van der Waals surface area contributed by atoms with Gasteiger partial charge in [-0.15, -0.1) is 0 Å². The quantitative estimate of drug-likeness (QED) is 0.677. The van der Waals surface area contributed by atoms with Crippen LogP contribution in [0.4, 0.5) is 0 Å². The van der Waals surface area contributed by atoms with Crippen LogP contribution >= 0.6 is 0 Å².